The molecule has 0 aliphatic heterocycles. The van der Waals surface area contributed by atoms with Gasteiger partial charge in [-0.1, -0.05) is 6.92 Å². The summed E-state index contributed by atoms with van der Waals surface area (Å²) in [5.74, 6) is 0.776. The standard InChI is InChI=1S/C14H24N2OS/c1-4-13-16-10(3)14(18-13)9(2)15-12(7-8-17)11-5-6-11/h9,11-12,15,17H,4-8H2,1-3H3. The van der Waals surface area contributed by atoms with Crippen LogP contribution in [0.4, 0.5) is 0 Å². The molecule has 2 N–H and O–H groups in total. The summed E-state index contributed by atoms with van der Waals surface area (Å²) in [6.07, 6.45) is 4.51. The molecule has 0 aromatic carbocycles. The number of aliphatic hydroxyl groups is 1. The van der Waals surface area contributed by atoms with E-state index in [4.69, 9.17) is 5.11 Å². The number of thiazole rings is 1. The predicted molar refractivity (Wildman–Crippen MR) is 76.0 cm³/mol. The van der Waals surface area contributed by atoms with Crippen molar-refractivity contribution in [1.82, 2.24) is 10.3 Å². The molecule has 1 aliphatic rings. The minimum atomic E-state index is 0.281. The first-order valence-corrected chi connectivity index (χ1v) is 7.80. The second kappa shape index (κ2) is 6.13. The first kappa shape index (κ1) is 14.0. The fourth-order valence-electron chi connectivity index (χ4n) is 2.51. The lowest BCUT2D eigenvalue weighted by molar-refractivity contribution is 0.250. The van der Waals surface area contributed by atoms with Crippen molar-refractivity contribution in [2.24, 2.45) is 5.92 Å². The second-order valence-electron chi connectivity index (χ2n) is 5.26. The summed E-state index contributed by atoms with van der Waals surface area (Å²) < 4.78 is 0. The highest BCUT2D eigenvalue weighted by Crippen LogP contribution is 2.36. The highest BCUT2D eigenvalue weighted by atomic mass is 32.1. The zero-order valence-corrected chi connectivity index (χ0v) is 12.4. The average Bonchev–Trinajstić information content (AvgIpc) is 3.12. The van der Waals surface area contributed by atoms with Gasteiger partial charge in [-0.2, -0.15) is 0 Å². The molecule has 102 valence electrons. The van der Waals surface area contributed by atoms with Gasteiger partial charge in [0.1, 0.15) is 0 Å². The van der Waals surface area contributed by atoms with E-state index in [1.54, 1.807) is 0 Å². The maximum Gasteiger partial charge on any atom is 0.0928 e. The smallest absolute Gasteiger partial charge is 0.0928 e. The Hall–Kier alpha value is -0.450. The molecule has 1 heterocycles. The van der Waals surface area contributed by atoms with Gasteiger partial charge in [0.05, 0.1) is 10.7 Å². The van der Waals surface area contributed by atoms with Crippen molar-refractivity contribution < 1.29 is 5.11 Å². The van der Waals surface area contributed by atoms with E-state index in [1.807, 2.05) is 11.3 Å². The van der Waals surface area contributed by atoms with E-state index in [-0.39, 0.29) is 6.61 Å². The summed E-state index contributed by atoms with van der Waals surface area (Å²) in [5, 5.41) is 14.1. The Morgan fingerprint density at radius 2 is 2.22 bits per heavy atom. The Labute approximate surface area is 114 Å². The number of hydrogen-bond acceptors (Lipinski definition) is 4. The lowest BCUT2D eigenvalue weighted by Crippen LogP contribution is -2.34. The predicted octanol–water partition coefficient (Wildman–Crippen LogP) is 2.83. The molecular formula is C14H24N2OS. The third-order valence-electron chi connectivity index (χ3n) is 3.67. The SMILES string of the molecule is CCc1nc(C)c(C(C)NC(CCO)C2CC2)s1. The molecule has 4 heteroatoms. The van der Waals surface area contributed by atoms with Crippen LogP contribution in [0.3, 0.4) is 0 Å². The first-order chi connectivity index (χ1) is 8.65. The van der Waals surface area contributed by atoms with E-state index in [0.29, 0.717) is 12.1 Å². The van der Waals surface area contributed by atoms with Crippen molar-refractivity contribution >= 4 is 11.3 Å². The molecule has 1 aliphatic carbocycles. The molecule has 0 bridgehead atoms. The summed E-state index contributed by atoms with van der Waals surface area (Å²) in [6.45, 7) is 6.75. The Morgan fingerprint density at radius 3 is 2.72 bits per heavy atom. The van der Waals surface area contributed by atoms with Crippen LogP contribution in [0.25, 0.3) is 0 Å². The van der Waals surface area contributed by atoms with Gasteiger partial charge in [-0.3, -0.25) is 0 Å². The second-order valence-corrected chi connectivity index (χ2v) is 6.37. The minimum Gasteiger partial charge on any atom is -0.396 e. The van der Waals surface area contributed by atoms with Crippen LogP contribution in [0.5, 0.6) is 0 Å². The zero-order chi connectivity index (χ0) is 13.1. The van der Waals surface area contributed by atoms with Crippen LogP contribution in [-0.4, -0.2) is 22.7 Å². The summed E-state index contributed by atoms with van der Waals surface area (Å²) in [6, 6.07) is 0.816. The maximum atomic E-state index is 9.14. The van der Waals surface area contributed by atoms with Gasteiger partial charge in [0.2, 0.25) is 0 Å². The van der Waals surface area contributed by atoms with Crippen LogP contribution in [-0.2, 0) is 6.42 Å². The van der Waals surface area contributed by atoms with Crippen LogP contribution >= 0.6 is 11.3 Å². The number of aromatic nitrogens is 1. The van der Waals surface area contributed by atoms with Gasteiger partial charge in [-0.05, 0) is 45.4 Å². The molecule has 1 fully saturated rings. The first-order valence-electron chi connectivity index (χ1n) is 6.98. The Balaban J connectivity index is 2.00. The molecule has 0 amide bonds. The van der Waals surface area contributed by atoms with Crippen LogP contribution in [0.1, 0.15) is 54.7 Å². The van der Waals surface area contributed by atoms with Crippen molar-refractivity contribution in [3.63, 3.8) is 0 Å². The molecule has 2 unspecified atom stereocenters. The summed E-state index contributed by atoms with van der Waals surface area (Å²) >= 11 is 1.82. The van der Waals surface area contributed by atoms with E-state index in [2.05, 4.69) is 31.1 Å². The summed E-state index contributed by atoms with van der Waals surface area (Å²) in [5.41, 5.74) is 1.16. The number of nitrogens with one attached hydrogen (secondary N) is 1. The van der Waals surface area contributed by atoms with Crippen LogP contribution in [0.2, 0.25) is 0 Å². The van der Waals surface area contributed by atoms with Crippen molar-refractivity contribution in [3.8, 4) is 0 Å². The van der Waals surface area contributed by atoms with Crippen LogP contribution < -0.4 is 5.32 Å². The van der Waals surface area contributed by atoms with E-state index in [0.717, 1.165) is 24.5 Å². The molecule has 2 rings (SSSR count). The average molecular weight is 268 g/mol. The highest BCUT2D eigenvalue weighted by molar-refractivity contribution is 7.11. The van der Waals surface area contributed by atoms with E-state index < -0.39 is 0 Å². The number of aliphatic hydroxyl groups excluding tert-OH is 1. The lowest BCUT2D eigenvalue weighted by atomic mass is 10.1. The maximum absolute atomic E-state index is 9.14. The van der Waals surface area contributed by atoms with Gasteiger partial charge in [-0.15, -0.1) is 11.3 Å². The topological polar surface area (TPSA) is 45.2 Å². The molecule has 2 atom stereocenters. The number of nitrogens with zero attached hydrogens (tertiary/aromatic N) is 1. The highest BCUT2D eigenvalue weighted by Gasteiger charge is 2.32. The zero-order valence-electron chi connectivity index (χ0n) is 11.6. The largest absolute Gasteiger partial charge is 0.396 e. The van der Waals surface area contributed by atoms with Gasteiger partial charge < -0.3 is 10.4 Å². The number of hydrogen-bond donors (Lipinski definition) is 2. The molecule has 1 aromatic heterocycles. The summed E-state index contributed by atoms with van der Waals surface area (Å²) in [4.78, 5) is 5.95. The Morgan fingerprint density at radius 1 is 1.50 bits per heavy atom. The molecule has 0 saturated heterocycles. The van der Waals surface area contributed by atoms with E-state index >= 15 is 0 Å². The van der Waals surface area contributed by atoms with Crippen LogP contribution in [0.15, 0.2) is 0 Å². The molecule has 3 nitrogen and oxygen atoms in total. The van der Waals surface area contributed by atoms with Crippen molar-refractivity contribution in [1.29, 1.82) is 0 Å². The quantitative estimate of drug-likeness (QED) is 0.799. The molecule has 0 radical (unpaired) electrons. The normalized spacial score (nSPS) is 18.9. The fourth-order valence-corrected chi connectivity index (χ4v) is 3.53. The van der Waals surface area contributed by atoms with Crippen molar-refractivity contribution in [2.45, 2.75) is 58.5 Å². The lowest BCUT2D eigenvalue weighted by Gasteiger charge is -2.22. The minimum absolute atomic E-state index is 0.281. The number of aryl methyl sites for hydroxylation is 2. The van der Waals surface area contributed by atoms with E-state index in [9.17, 15) is 0 Å². The van der Waals surface area contributed by atoms with Crippen LogP contribution in [0, 0.1) is 12.8 Å². The monoisotopic (exact) mass is 268 g/mol. The van der Waals surface area contributed by atoms with Gasteiger partial charge in [-0.25, -0.2) is 4.98 Å². The van der Waals surface area contributed by atoms with Gasteiger partial charge in [0.25, 0.3) is 0 Å². The van der Waals surface area contributed by atoms with Crippen molar-refractivity contribution in [3.05, 3.63) is 15.6 Å². The fraction of sp³-hybridized carbons (Fsp3) is 0.786. The van der Waals surface area contributed by atoms with Gasteiger partial charge >= 0.3 is 0 Å². The molecule has 18 heavy (non-hydrogen) atoms. The Bertz CT molecular complexity index is 387. The molecule has 1 aromatic rings. The molecule has 0 spiro atoms. The van der Waals surface area contributed by atoms with Gasteiger partial charge in [0, 0.05) is 23.6 Å². The summed E-state index contributed by atoms with van der Waals surface area (Å²) in [7, 11) is 0. The third-order valence-corrected chi connectivity index (χ3v) is 5.15. The third kappa shape index (κ3) is 3.31. The Kier molecular flexibility index (Phi) is 4.76. The van der Waals surface area contributed by atoms with Crippen molar-refractivity contribution in [2.75, 3.05) is 6.61 Å². The molecular weight excluding hydrogens is 244 g/mol. The van der Waals surface area contributed by atoms with E-state index in [1.165, 1.54) is 22.7 Å². The van der Waals surface area contributed by atoms with Gasteiger partial charge in [0.15, 0.2) is 0 Å². The number of rotatable bonds is 7. The molecule has 1 saturated carbocycles.